The fourth-order valence-electron chi connectivity index (χ4n) is 1.78. The lowest BCUT2D eigenvalue weighted by atomic mass is 10.2. The molecule has 0 amide bonds. The van der Waals surface area contributed by atoms with E-state index in [-0.39, 0.29) is 0 Å². The molecule has 0 atom stereocenters. The molecule has 0 bridgehead atoms. The number of rotatable bonds is 2. The van der Waals surface area contributed by atoms with Crippen LogP contribution in [0, 0.1) is 0 Å². The van der Waals surface area contributed by atoms with Gasteiger partial charge >= 0.3 is 0 Å². The summed E-state index contributed by atoms with van der Waals surface area (Å²) in [5.41, 5.74) is 2.51. The van der Waals surface area contributed by atoms with Crippen molar-refractivity contribution in [1.82, 2.24) is 0 Å². The lowest BCUT2D eigenvalue weighted by molar-refractivity contribution is 0.854. The van der Waals surface area contributed by atoms with Gasteiger partial charge in [-0.25, -0.2) is 0 Å². The maximum Gasteiger partial charge on any atom is 0.0467 e. The van der Waals surface area contributed by atoms with Crippen molar-refractivity contribution in [3.63, 3.8) is 0 Å². The summed E-state index contributed by atoms with van der Waals surface area (Å²) in [4.78, 5) is 2.43. The maximum atomic E-state index is 6.19. The molecule has 0 unspecified atom stereocenters. The highest BCUT2D eigenvalue weighted by Crippen LogP contribution is 2.30. The third kappa shape index (κ3) is 2.63. The molecular weight excluding hydrogens is 294 g/mol. The Kier molecular flexibility index (Phi) is 4.23. The Bertz CT molecular complexity index is 339. The first-order valence-corrected chi connectivity index (χ1v) is 7.64. The Morgan fingerprint density at radius 3 is 2.73 bits per heavy atom. The molecule has 1 nitrogen and oxygen atoms in total. The molecule has 1 aromatic carbocycles. The number of anilines is 1. The summed E-state index contributed by atoms with van der Waals surface area (Å²) in [6, 6.07) is 6.16. The van der Waals surface area contributed by atoms with Crippen LogP contribution in [0.1, 0.15) is 5.56 Å². The standard InChI is InChI=1S/C11H13BrClNS/c12-8-9-10(13)2-1-3-11(9)14-4-6-15-7-5-14/h1-3H,4-8H2. The third-order valence-corrected chi connectivity index (χ3v) is 4.44. The summed E-state index contributed by atoms with van der Waals surface area (Å²) in [5.74, 6) is 2.43. The van der Waals surface area contributed by atoms with Crippen LogP contribution in [0.4, 0.5) is 5.69 Å². The zero-order valence-electron chi connectivity index (χ0n) is 8.38. The molecule has 15 heavy (non-hydrogen) atoms. The minimum absolute atomic E-state index is 0.825. The third-order valence-electron chi connectivity index (χ3n) is 2.58. The first kappa shape index (κ1) is 11.6. The van der Waals surface area contributed by atoms with E-state index in [1.807, 2.05) is 23.9 Å². The zero-order chi connectivity index (χ0) is 10.7. The van der Waals surface area contributed by atoms with Crippen LogP contribution in [-0.4, -0.2) is 24.6 Å². The van der Waals surface area contributed by atoms with E-state index in [0.717, 1.165) is 23.4 Å². The van der Waals surface area contributed by atoms with Gasteiger partial charge in [-0.2, -0.15) is 11.8 Å². The Balaban J connectivity index is 2.29. The minimum atomic E-state index is 0.825. The number of alkyl halides is 1. The summed E-state index contributed by atoms with van der Waals surface area (Å²) in [5, 5.41) is 1.69. The Morgan fingerprint density at radius 1 is 1.33 bits per heavy atom. The molecule has 1 fully saturated rings. The predicted octanol–water partition coefficient (Wildman–Crippen LogP) is 3.79. The number of halogens is 2. The highest BCUT2D eigenvalue weighted by Gasteiger charge is 2.15. The van der Waals surface area contributed by atoms with E-state index in [4.69, 9.17) is 11.6 Å². The van der Waals surface area contributed by atoms with E-state index < -0.39 is 0 Å². The van der Waals surface area contributed by atoms with Crippen molar-refractivity contribution in [3.8, 4) is 0 Å². The van der Waals surface area contributed by atoms with Crippen LogP contribution in [0.15, 0.2) is 18.2 Å². The van der Waals surface area contributed by atoms with Gasteiger partial charge in [0.25, 0.3) is 0 Å². The second-order valence-electron chi connectivity index (χ2n) is 3.47. The lowest BCUT2D eigenvalue weighted by Crippen LogP contribution is -2.33. The van der Waals surface area contributed by atoms with Gasteiger partial charge in [-0.1, -0.05) is 33.6 Å². The maximum absolute atomic E-state index is 6.19. The monoisotopic (exact) mass is 305 g/mol. The van der Waals surface area contributed by atoms with Gasteiger partial charge in [-0.3, -0.25) is 0 Å². The SMILES string of the molecule is Clc1cccc(N2CCSCC2)c1CBr. The number of thioether (sulfide) groups is 1. The molecule has 1 aliphatic heterocycles. The number of hydrogen-bond donors (Lipinski definition) is 0. The molecule has 82 valence electrons. The molecule has 0 aromatic heterocycles. The van der Waals surface area contributed by atoms with Crippen molar-refractivity contribution in [2.75, 3.05) is 29.5 Å². The molecule has 1 aliphatic rings. The number of hydrogen-bond acceptors (Lipinski definition) is 2. The Labute approximate surface area is 108 Å². The van der Waals surface area contributed by atoms with Gasteiger partial charge in [0.05, 0.1) is 0 Å². The molecule has 1 aromatic rings. The molecule has 4 heteroatoms. The molecule has 0 aliphatic carbocycles. The molecule has 0 radical (unpaired) electrons. The van der Waals surface area contributed by atoms with Crippen LogP contribution in [0.2, 0.25) is 5.02 Å². The summed E-state index contributed by atoms with van der Waals surface area (Å²) >= 11 is 11.7. The smallest absolute Gasteiger partial charge is 0.0467 e. The fourth-order valence-corrected chi connectivity index (χ4v) is 3.67. The molecule has 0 spiro atoms. The fraction of sp³-hybridized carbons (Fsp3) is 0.455. The van der Waals surface area contributed by atoms with Gasteiger partial charge in [0.15, 0.2) is 0 Å². The van der Waals surface area contributed by atoms with Crippen molar-refractivity contribution in [3.05, 3.63) is 28.8 Å². The average molecular weight is 307 g/mol. The van der Waals surface area contributed by atoms with Gasteiger partial charge in [0.1, 0.15) is 0 Å². The summed E-state index contributed by atoms with van der Waals surface area (Å²) in [6.45, 7) is 2.26. The highest BCUT2D eigenvalue weighted by atomic mass is 79.9. The van der Waals surface area contributed by atoms with E-state index in [2.05, 4.69) is 26.9 Å². The molecular formula is C11H13BrClNS. The normalized spacial score (nSPS) is 16.8. The van der Waals surface area contributed by atoms with Crippen LogP contribution < -0.4 is 4.90 Å². The molecule has 1 saturated heterocycles. The Morgan fingerprint density at radius 2 is 2.07 bits per heavy atom. The quantitative estimate of drug-likeness (QED) is 0.765. The topological polar surface area (TPSA) is 3.24 Å². The second kappa shape index (κ2) is 5.46. The predicted molar refractivity (Wildman–Crippen MR) is 73.6 cm³/mol. The van der Waals surface area contributed by atoms with Crippen molar-refractivity contribution >= 4 is 45.0 Å². The first-order chi connectivity index (χ1) is 7.33. The van der Waals surface area contributed by atoms with Gasteiger partial charge in [0.2, 0.25) is 0 Å². The molecule has 1 heterocycles. The van der Waals surface area contributed by atoms with E-state index in [9.17, 15) is 0 Å². The highest BCUT2D eigenvalue weighted by molar-refractivity contribution is 9.08. The van der Waals surface area contributed by atoms with Gasteiger partial charge < -0.3 is 4.90 Å². The van der Waals surface area contributed by atoms with E-state index in [1.54, 1.807) is 0 Å². The van der Waals surface area contributed by atoms with Crippen molar-refractivity contribution in [2.24, 2.45) is 0 Å². The van der Waals surface area contributed by atoms with Crippen molar-refractivity contribution in [1.29, 1.82) is 0 Å². The van der Waals surface area contributed by atoms with Crippen LogP contribution in [0.3, 0.4) is 0 Å². The van der Waals surface area contributed by atoms with E-state index in [1.165, 1.54) is 22.8 Å². The molecule has 0 N–H and O–H groups in total. The van der Waals surface area contributed by atoms with Crippen molar-refractivity contribution in [2.45, 2.75) is 5.33 Å². The second-order valence-corrected chi connectivity index (χ2v) is 5.66. The average Bonchev–Trinajstić information content (AvgIpc) is 2.30. The lowest BCUT2D eigenvalue weighted by Gasteiger charge is -2.30. The van der Waals surface area contributed by atoms with Gasteiger partial charge in [-0.05, 0) is 12.1 Å². The van der Waals surface area contributed by atoms with Crippen LogP contribution in [0.25, 0.3) is 0 Å². The van der Waals surface area contributed by atoms with Crippen LogP contribution in [-0.2, 0) is 5.33 Å². The minimum Gasteiger partial charge on any atom is -0.370 e. The van der Waals surface area contributed by atoms with Gasteiger partial charge in [-0.15, -0.1) is 0 Å². The van der Waals surface area contributed by atoms with Gasteiger partial charge in [0, 0.05) is 46.2 Å². The largest absolute Gasteiger partial charge is 0.370 e. The van der Waals surface area contributed by atoms with E-state index >= 15 is 0 Å². The van der Waals surface area contributed by atoms with E-state index in [0.29, 0.717) is 0 Å². The molecule has 0 saturated carbocycles. The summed E-state index contributed by atoms with van der Waals surface area (Å²) < 4.78 is 0. The molecule has 2 rings (SSSR count). The Hall–Kier alpha value is 0.140. The van der Waals surface area contributed by atoms with Crippen molar-refractivity contribution < 1.29 is 0 Å². The summed E-state index contributed by atoms with van der Waals surface area (Å²) in [6.07, 6.45) is 0. The number of benzene rings is 1. The van der Waals surface area contributed by atoms with Crippen LogP contribution >= 0.6 is 39.3 Å². The zero-order valence-corrected chi connectivity index (χ0v) is 11.5. The first-order valence-electron chi connectivity index (χ1n) is 4.99. The van der Waals surface area contributed by atoms with Crippen LogP contribution in [0.5, 0.6) is 0 Å². The number of nitrogens with zero attached hydrogens (tertiary/aromatic N) is 1. The summed E-state index contributed by atoms with van der Waals surface area (Å²) in [7, 11) is 0.